The smallest absolute Gasteiger partial charge is 0.253 e. The van der Waals surface area contributed by atoms with E-state index in [-0.39, 0.29) is 4.90 Å². The number of hydrogen-bond donors (Lipinski definition) is 0. The molecule has 0 fully saturated rings. The molecular formula is C9H7ClN2O2S. The van der Waals surface area contributed by atoms with E-state index >= 15 is 0 Å². The third-order valence-electron chi connectivity index (χ3n) is 2.05. The summed E-state index contributed by atoms with van der Waals surface area (Å²) in [5.41, 5.74) is 1.73. The number of benzene rings is 1. The van der Waals surface area contributed by atoms with Gasteiger partial charge in [-0.05, 0) is 18.6 Å². The van der Waals surface area contributed by atoms with Crippen LogP contribution in [0.3, 0.4) is 0 Å². The van der Waals surface area contributed by atoms with Crippen molar-refractivity contribution in [3.63, 3.8) is 0 Å². The first-order valence-corrected chi connectivity index (χ1v) is 6.46. The van der Waals surface area contributed by atoms with Gasteiger partial charge in [0.2, 0.25) is 0 Å². The molecule has 0 atom stereocenters. The number of aromatic nitrogens is 2. The van der Waals surface area contributed by atoms with Gasteiger partial charge in [-0.3, -0.25) is 9.97 Å². The molecule has 0 aliphatic carbocycles. The molecule has 0 aliphatic heterocycles. The van der Waals surface area contributed by atoms with Gasteiger partial charge in [0.15, 0.2) is 0 Å². The molecule has 1 heterocycles. The van der Waals surface area contributed by atoms with Gasteiger partial charge >= 0.3 is 0 Å². The molecule has 0 aliphatic rings. The summed E-state index contributed by atoms with van der Waals surface area (Å²) < 4.78 is 22.5. The van der Waals surface area contributed by atoms with Crippen LogP contribution in [-0.2, 0) is 9.05 Å². The maximum absolute atomic E-state index is 11.3. The molecule has 0 N–H and O–H groups in total. The minimum Gasteiger partial charge on any atom is -0.253 e. The lowest BCUT2D eigenvalue weighted by atomic mass is 10.2. The molecule has 1 aromatic carbocycles. The Hall–Kier alpha value is -1.20. The van der Waals surface area contributed by atoms with Crippen molar-refractivity contribution in [2.24, 2.45) is 0 Å². The third-order valence-corrected chi connectivity index (χ3v) is 3.41. The zero-order valence-electron chi connectivity index (χ0n) is 7.81. The third kappa shape index (κ3) is 1.80. The molecule has 0 amide bonds. The normalized spacial score (nSPS) is 11.9. The van der Waals surface area contributed by atoms with Crippen LogP contribution in [0.25, 0.3) is 11.0 Å². The Kier molecular flexibility index (Phi) is 2.36. The molecule has 0 bridgehead atoms. The number of halogens is 1. The minimum atomic E-state index is -3.78. The van der Waals surface area contributed by atoms with E-state index in [1.807, 2.05) is 6.92 Å². The summed E-state index contributed by atoms with van der Waals surface area (Å²) in [6, 6.07) is 3.10. The number of fused-ring (bicyclic) bond motifs is 1. The van der Waals surface area contributed by atoms with Gasteiger partial charge in [-0.2, -0.15) is 0 Å². The Morgan fingerprint density at radius 2 is 1.73 bits per heavy atom. The van der Waals surface area contributed by atoms with Crippen molar-refractivity contribution in [2.45, 2.75) is 11.8 Å². The maximum Gasteiger partial charge on any atom is 0.263 e. The second-order valence-electron chi connectivity index (χ2n) is 3.07. The Labute approximate surface area is 91.3 Å². The van der Waals surface area contributed by atoms with Crippen LogP contribution in [0, 0.1) is 6.92 Å². The summed E-state index contributed by atoms with van der Waals surface area (Å²) in [5, 5.41) is 0. The van der Waals surface area contributed by atoms with Gasteiger partial charge in [0.1, 0.15) is 10.4 Å². The molecule has 0 spiro atoms. The highest BCUT2D eigenvalue weighted by Gasteiger charge is 2.16. The quantitative estimate of drug-likeness (QED) is 0.717. The van der Waals surface area contributed by atoms with E-state index < -0.39 is 9.05 Å². The van der Waals surface area contributed by atoms with E-state index in [9.17, 15) is 8.42 Å². The Balaban J connectivity index is 2.96. The molecule has 78 valence electrons. The summed E-state index contributed by atoms with van der Waals surface area (Å²) in [5.74, 6) is 0. The van der Waals surface area contributed by atoms with Crippen molar-refractivity contribution < 1.29 is 8.42 Å². The van der Waals surface area contributed by atoms with E-state index in [2.05, 4.69) is 9.97 Å². The van der Waals surface area contributed by atoms with Crippen molar-refractivity contribution >= 4 is 30.8 Å². The van der Waals surface area contributed by atoms with Crippen molar-refractivity contribution in [1.82, 2.24) is 9.97 Å². The van der Waals surface area contributed by atoms with Gasteiger partial charge in [0, 0.05) is 23.1 Å². The summed E-state index contributed by atoms with van der Waals surface area (Å²) in [6.45, 7) is 1.83. The number of hydrogen-bond acceptors (Lipinski definition) is 4. The minimum absolute atomic E-state index is 0.00198. The highest BCUT2D eigenvalue weighted by molar-refractivity contribution is 8.14. The van der Waals surface area contributed by atoms with E-state index in [1.54, 1.807) is 6.07 Å². The van der Waals surface area contributed by atoms with Gasteiger partial charge in [-0.25, -0.2) is 8.42 Å². The molecule has 1 aromatic heterocycles. The average Bonchev–Trinajstić information content (AvgIpc) is 2.17. The topological polar surface area (TPSA) is 59.9 Å². The first-order valence-electron chi connectivity index (χ1n) is 4.15. The monoisotopic (exact) mass is 242 g/mol. The molecule has 2 aromatic rings. The van der Waals surface area contributed by atoms with Crippen LogP contribution in [0.5, 0.6) is 0 Å². The van der Waals surface area contributed by atoms with Crippen LogP contribution >= 0.6 is 10.7 Å². The number of nitrogens with zero attached hydrogens (tertiary/aromatic N) is 2. The van der Waals surface area contributed by atoms with Crippen LogP contribution in [0.4, 0.5) is 0 Å². The van der Waals surface area contributed by atoms with Crippen LogP contribution in [-0.4, -0.2) is 18.4 Å². The molecule has 0 saturated carbocycles. The molecule has 0 radical (unpaired) electrons. The standard InChI is InChI=1S/C9H7ClN2O2S/c1-6-2-3-7(15(10,13)14)9-8(6)11-4-5-12-9/h2-5H,1H3. The van der Waals surface area contributed by atoms with Crippen LogP contribution in [0.1, 0.15) is 5.56 Å². The molecular weight excluding hydrogens is 236 g/mol. The van der Waals surface area contributed by atoms with Gasteiger partial charge < -0.3 is 0 Å². The van der Waals surface area contributed by atoms with E-state index in [0.717, 1.165) is 5.56 Å². The summed E-state index contributed by atoms with van der Waals surface area (Å²) >= 11 is 0. The van der Waals surface area contributed by atoms with Gasteiger partial charge in [-0.1, -0.05) is 6.07 Å². The van der Waals surface area contributed by atoms with Crippen molar-refractivity contribution in [3.05, 3.63) is 30.1 Å². The second-order valence-corrected chi connectivity index (χ2v) is 5.61. The first kappa shape index (κ1) is 10.3. The molecule has 4 nitrogen and oxygen atoms in total. The fourth-order valence-corrected chi connectivity index (χ4v) is 2.35. The second kappa shape index (κ2) is 3.43. The average molecular weight is 243 g/mol. The summed E-state index contributed by atoms with van der Waals surface area (Å²) in [4.78, 5) is 8.05. The molecule has 2 rings (SSSR count). The van der Waals surface area contributed by atoms with Crippen molar-refractivity contribution in [1.29, 1.82) is 0 Å². The predicted molar refractivity (Wildman–Crippen MR) is 57.3 cm³/mol. The summed E-state index contributed by atoms with van der Waals surface area (Å²) in [6.07, 6.45) is 2.95. The van der Waals surface area contributed by atoms with Crippen molar-refractivity contribution in [2.75, 3.05) is 0 Å². The van der Waals surface area contributed by atoms with Gasteiger partial charge in [-0.15, -0.1) is 0 Å². The lowest BCUT2D eigenvalue weighted by Gasteiger charge is -2.03. The fourth-order valence-electron chi connectivity index (χ4n) is 1.36. The van der Waals surface area contributed by atoms with Crippen LogP contribution < -0.4 is 0 Å². The zero-order valence-corrected chi connectivity index (χ0v) is 9.38. The van der Waals surface area contributed by atoms with Crippen LogP contribution in [0.15, 0.2) is 29.4 Å². The van der Waals surface area contributed by atoms with Crippen LogP contribution in [0.2, 0.25) is 0 Å². The summed E-state index contributed by atoms with van der Waals surface area (Å²) in [7, 11) is 1.52. The van der Waals surface area contributed by atoms with E-state index in [1.165, 1.54) is 18.5 Å². The number of rotatable bonds is 1. The Morgan fingerprint density at radius 1 is 1.13 bits per heavy atom. The SMILES string of the molecule is Cc1ccc(S(=O)(=O)Cl)c2nccnc12. The predicted octanol–water partition coefficient (Wildman–Crippen LogP) is 1.87. The highest BCUT2D eigenvalue weighted by atomic mass is 35.7. The molecule has 0 saturated heterocycles. The molecule has 0 unspecified atom stereocenters. The van der Waals surface area contributed by atoms with Crippen molar-refractivity contribution in [3.8, 4) is 0 Å². The van der Waals surface area contributed by atoms with Gasteiger partial charge in [0.25, 0.3) is 9.05 Å². The lowest BCUT2D eigenvalue weighted by molar-refractivity contribution is 0.610. The fraction of sp³-hybridized carbons (Fsp3) is 0.111. The largest absolute Gasteiger partial charge is 0.263 e. The Bertz CT molecular complexity index is 625. The number of aryl methyl sites for hydroxylation is 1. The first-order chi connectivity index (χ1) is 7.00. The molecule has 15 heavy (non-hydrogen) atoms. The highest BCUT2D eigenvalue weighted by Crippen LogP contribution is 2.24. The van der Waals surface area contributed by atoms with E-state index in [0.29, 0.717) is 11.0 Å². The maximum atomic E-state index is 11.3. The Morgan fingerprint density at radius 3 is 2.33 bits per heavy atom. The van der Waals surface area contributed by atoms with E-state index in [4.69, 9.17) is 10.7 Å². The van der Waals surface area contributed by atoms with Gasteiger partial charge in [0.05, 0.1) is 5.52 Å². The lowest BCUT2D eigenvalue weighted by Crippen LogP contribution is -1.96. The molecule has 6 heteroatoms. The zero-order chi connectivity index (χ0) is 11.1.